The second-order valence-electron chi connectivity index (χ2n) is 7.53. The number of aryl methyl sites for hydroxylation is 1. The highest BCUT2D eigenvalue weighted by Gasteiger charge is 2.19. The molecule has 0 aliphatic carbocycles. The van der Waals surface area contributed by atoms with Gasteiger partial charge in [0.05, 0.1) is 29.0 Å². The first kappa shape index (κ1) is 19.0. The number of anilines is 1. The first-order valence-electron chi connectivity index (χ1n) is 9.69. The van der Waals surface area contributed by atoms with Gasteiger partial charge in [-0.15, -0.1) is 0 Å². The van der Waals surface area contributed by atoms with Gasteiger partial charge in [0.25, 0.3) is 0 Å². The van der Waals surface area contributed by atoms with E-state index in [2.05, 4.69) is 33.7 Å². The quantitative estimate of drug-likeness (QED) is 0.694. The zero-order valence-corrected chi connectivity index (χ0v) is 17.3. The smallest absolute Gasteiger partial charge is 0.213 e. The van der Waals surface area contributed by atoms with E-state index in [4.69, 9.17) is 21.3 Å². The maximum Gasteiger partial charge on any atom is 0.213 e. The van der Waals surface area contributed by atoms with Crippen LogP contribution in [0.1, 0.15) is 31.6 Å². The van der Waals surface area contributed by atoms with Crippen LogP contribution in [0, 0.1) is 0 Å². The Hall–Kier alpha value is -2.31. The summed E-state index contributed by atoms with van der Waals surface area (Å²) in [6.07, 6.45) is 4.17. The van der Waals surface area contributed by atoms with E-state index < -0.39 is 0 Å². The van der Waals surface area contributed by atoms with Crippen molar-refractivity contribution >= 4 is 28.3 Å². The molecule has 148 valence electrons. The van der Waals surface area contributed by atoms with Crippen LogP contribution in [0.3, 0.4) is 0 Å². The van der Waals surface area contributed by atoms with Gasteiger partial charge in [0.2, 0.25) is 5.88 Å². The fraction of sp³-hybridized carbons (Fsp3) is 0.429. The molecule has 1 aliphatic rings. The molecule has 1 aromatic carbocycles. The summed E-state index contributed by atoms with van der Waals surface area (Å²) in [6, 6.07) is 9.72. The molecule has 0 amide bonds. The highest BCUT2D eigenvalue weighted by molar-refractivity contribution is 6.31. The standard InChI is InChI=1S/C21H26ClN5O/c1-14(21-25-18-6-4-15(22)12-19(18)27(21)3)24-16-5-7-20(23-13-16)28-17-8-10-26(2)11-9-17/h4-7,12-14,17,24H,8-11H2,1-3H3. The van der Waals surface area contributed by atoms with Gasteiger partial charge in [0, 0.05) is 31.2 Å². The lowest BCUT2D eigenvalue weighted by Crippen LogP contribution is -2.35. The fourth-order valence-electron chi connectivity index (χ4n) is 3.69. The highest BCUT2D eigenvalue weighted by atomic mass is 35.5. The number of halogens is 1. The molecule has 4 rings (SSSR count). The summed E-state index contributed by atoms with van der Waals surface area (Å²) in [5.74, 6) is 1.63. The monoisotopic (exact) mass is 399 g/mol. The Morgan fingerprint density at radius 3 is 2.68 bits per heavy atom. The van der Waals surface area contributed by atoms with Gasteiger partial charge < -0.3 is 19.5 Å². The van der Waals surface area contributed by atoms with E-state index in [9.17, 15) is 0 Å². The van der Waals surface area contributed by atoms with E-state index in [0.717, 1.165) is 48.5 Å². The topological polar surface area (TPSA) is 55.2 Å². The molecule has 0 radical (unpaired) electrons. The van der Waals surface area contributed by atoms with E-state index in [1.807, 2.05) is 43.6 Å². The number of ether oxygens (including phenoxy) is 1. The van der Waals surface area contributed by atoms with Gasteiger partial charge in [-0.25, -0.2) is 9.97 Å². The van der Waals surface area contributed by atoms with Crippen molar-refractivity contribution in [3.8, 4) is 5.88 Å². The average molecular weight is 400 g/mol. The van der Waals surface area contributed by atoms with E-state index >= 15 is 0 Å². The first-order valence-corrected chi connectivity index (χ1v) is 10.1. The lowest BCUT2D eigenvalue weighted by atomic mass is 10.1. The second kappa shape index (κ2) is 7.97. The van der Waals surface area contributed by atoms with Crippen molar-refractivity contribution < 1.29 is 4.74 Å². The fourth-order valence-corrected chi connectivity index (χ4v) is 3.86. The number of benzene rings is 1. The average Bonchev–Trinajstić information content (AvgIpc) is 3.01. The van der Waals surface area contributed by atoms with Crippen molar-refractivity contribution in [1.82, 2.24) is 19.4 Å². The zero-order valence-electron chi connectivity index (χ0n) is 16.5. The Morgan fingerprint density at radius 1 is 1.18 bits per heavy atom. The summed E-state index contributed by atoms with van der Waals surface area (Å²) in [5, 5.41) is 4.19. The van der Waals surface area contributed by atoms with Crippen LogP contribution in [0.4, 0.5) is 5.69 Å². The lowest BCUT2D eigenvalue weighted by molar-refractivity contribution is 0.110. The molecule has 1 saturated heterocycles. The number of pyridine rings is 1. The Balaban J connectivity index is 1.42. The van der Waals surface area contributed by atoms with Crippen molar-refractivity contribution in [2.45, 2.75) is 31.9 Å². The van der Waals surface area contributed by atoms with Gasteiger partial charge in [0.1, 0.15) is 11.9 Å². The molecular weight excluding hydrogens is 374 g/mol. The number of nitrogens with one attached hydrogen (secondary N) is 1. The molecule has 1 N–H and O–H groups in total. The first-order chi connectivity index (χ1) is 13.5. The summed E-state index contributed by atoms with van der Waals surface area (Å²) >= 11 is 6.12. The van der Waals surface area contributed by atoms with Crippen LogP contribution < -0.4 is 10.1 Å². The molecule has 1 fully saturated rings. The molecule has 2 aromatic heterocycles. The van der Waals surface area contributed by atoms with E-state index in [0.29, 0.717) is 10.9 Å². The molecule has 1 unspecified atom stereocenters. The molecule has 0 bridgehead atoms. The van der Waals surface area contributed by atoms with Crippen molar-refractivity contribution in [2.24, 2.45) is 7.05 Å². The number of imidazole rings is 1. The minimum absolute atomic E-state index is 0.0265. The Morgan fingerprint density at radius 2 is 1.96 bits per heavy atom. The summed E-state index contributed by atoms with van der Waals surface area (Å²) in [4.78, 5) is 11.5. The summed E-state index contributed by atoms with van der Waals surface area (Å²) in [7, 11) is 4.16. The van der Waals surface area contributed by atoms with E-state index in [1.165, 1.54) is 0 Å². The van der Waals surface area contributed by atoms with Crippen LogP contribution in [-0.2, 0) is 7.05 Å². The van der Waals surface area contributed by atoms with Gasteiger partial charge >= 0.3 is 0 Å². The predicted molar refractivity (Wildman–Crippen MR) is 113 cm³/mol. The van der Waals surface area contributed by atoms with Crippen molar-refractivity contribution in [3.05, 3.63) is 47.4 Å². The van der Waals surface area contributed by atoms with Gasteiger partial charge in [-0.05, 0) is 51.1 Å². The molecular formula is C21H26ClN5O. The Labute approximate surface area is 170 Å². The summed E-state index contributed by atoms with van der Waals surface area (Å²) < 4.78 is 8.10. The van der Waals surface area contributed by atoms with Gasteiger partial charge in [-0.2, -0.15) is 0 Å². The normalized spacial score (nSPS) is 17.0. The Kier molecular flexibility index (Phi) is 5.42. The number of piperidine rings is 1. The third-order valence-electron chi connectivity index (χ3n) is 5.34. The van der Waals surface area contributed by atoms with Gasteiger partial charge in [-0.3, -0.25) is 0 Å². The molecule has 7 heteroatoms. The molecule has 3 aromatic rings. The SMILES string of the molecule is CC(Nc1ccc(OC2CCN(C)CC2)nc1)c1nc2ccc(Cl)cc2n1C. The molecule has 6 nitrogen and oxygen atoms in total. The van der Waals surface area contributed by atoms with Crippen molar-refractivity contribution in [1.29, 1.82) is 0 Å². The zero-order chi connectivity index (χ0) is 19.7. The number of nitrogens with zero attached hydrogens (tertiary/aromatic N) is 4. The predicted octanol–water partition coefficient (Wildman–Crippen LogP) is 4.27. The van der Waals surface area contributed by atoms with Crippen LogP contribution in [-0.4, -0.2) is 45.7 Å². The summed E-state index contributed by atoms with van der Waals surface area (Å²) in [6.45, 7) is 4.24. The van der Waals surface area contributed by atoms with Gasteiger partial charge in [-0.1, -0.05) is 11.6 Å². The van der Waals surface area contributed by atoms with Crippen LogP contribution in [0.5, 0.6) is 5.88 Å². The number of rotatable bonds is 5. The van der Waals surface area contributed by atoms with E-state index in [1.54, 1.807) is 0 Å². The maximum absolute atomic E-state index is 6.12. The van der Waals surface area contributed by atoms with Crippen LogP contribution in [0.25, 0.3) is 11.0 Å². The molecule has 3 heterocycles. The van der Waals surface area contributed by atoms with E-state index in [-0.39, 0.29) is 12.1 Å². The maximum atomic E-state index is 6.12. The van der Waals surface area contributed by atoms with Gasteiger partial charge in [0.15, 0.2) is 0 Å². The number of fused-ring (bicyclic) bond motifs is 1. The second-order valence-corrected chi connectivity index (χ2v) is 7.97. The number of hydrogen-bond acceptors (Lipinski definition) is 5. The molecule has 1 aliphatic heterocycles. The lowest BCUT2D eigenvalue weighted by Gasteiger charge is -2.28. The van der Waals surface area contributed by atoms with Crippen LogP contribution in [0.2, 0.25) is 5.02 Å². The number of likely N-dealkylation sites (tertiary alicyclic amines) is 1. The summed E-state index contributed by atoms with van der Waals surface area (Å²) in [5.41, 5.74) is 2.90. The minimum atomic E-state index is 0.0265. The van der Waals surface area contributed by atoms with Crippen LogP contribution >= 0.6 is 11.6 Å². The molecule has 28 heavy (non-hydrogen) atoms. The minimum Gasteiger partial charge on any atom is -0.474 e. The number of aromatic nitrogens is 3. The van der Waals surface area contributed by atoms with Crippen molar-refractivity contribution in [2.75, 3.05) is 25.5 Å². The Bertz CT molecular complexity index is 947. The largest absolute Gasteiger partial charge is 0.474 e. The molecule has 0 saturated carbocycles. The molecule has 1 atom stereocenters. The highest BCUT2D eigenvalue weighted by Crippen LogP contribution is 2.25. The third kappa shape index (κ3) is 4.08. The molecule has 0 spiro atoms. The van der Waals surface area contributed by atoms with Crippen LogP contribution in [0.15, 0.2) is 36.5 Å². The third-order valence-corrected chi connectivity index (χ3v) is 5.57. The van der Waals surface area contributed by atoms with Crippen molar-refractivity contribution in [3.63, 3.8) is 0 Å². The number of hydrogen-bond donors (Lipinski definition) is 1.